The minimum atomic E-state index is -3.73. The molecule has 0 unspecified atom stereocenters. The molecule has 2 aromatic carbocycles. The van der Waals surface area contributed by atoms with Crippen LogP contribution in [-0.4, -0.2) is 39.3 Å². The van der Waals surface area contributed by atoms with Gasteiger partial charge in [0.15, 0.2) is 0 Å². The van der Waals surface area contributed by atoms with E-state index in [9.17, 15) is 13.2 Å². The summed E-state index contributed by atoms with van der Waals surface area (Å²) in [6.07, 6.45) is 0.614. The fourth-order valence-corrected chi connectivity index (χ4v) is 3.76. The van der Waals surface area contributed by atoms with E-state index in [2.05, 4.69) is 5.32 Å². The van der Waals surface area contributed by atoms with Crippen LogP contribution in [0.2, 0.25) is 10.0 Å². The van der Waals surface area contributed by atoms with E-state index in [1.807, 2.05) is 18.2 Å². The van der Waals surface area contributed by atoms with Gasteiger partial charge in [0.05, 0.1) is 5.02 Å². The second kappa shape index (κ2) is 8.19. The molecule has 1 amide bonds. The van der Waals surface area contributed by atoms with Crippen molar-refractivity contribution in [1.82, 2.24) is 9.62 Å². The number of sulfonamides is 1. The summed E-state index contributed by atoms with van der Waals surface area (Å²) in [5.41, 5.74) is 1.23. The Kier molecular flexibility index (Phi) is 6.46. The standard InChI is InChI=1S/C17H18Cl2N2O3S/c1-21(2)25(23,24)16-11-13(6-7-15(16)19)17(22)20-9-8-12-4-3-5-14(18)10-12/h3-7,10-11H,8-9H2,1-2H3,(H,20,22). The van der Waals surface area contributed by atoms with E-state index in [1.54, 1.807) is 6.07 Å². The molecular weight excluding hydrogens is 383 g/mol. The van der Waals surface area contributed by atoms with E-state index in [1.165, 1.54) is 32.3 Å². The Morgan fingerprint density at radius 2 is 1.84 bits per heavy atom. The fourth-order valence-electron chi connectivity index (χ4n) is 2.15. The summed E-state index contributed by atoms with van der Waals surface area (Å²) in [5.74, 6) is -0.367. The lowest BCUT2D eigenvalue weighted by Gasteiger charge is -2.14. The van der Waals surface area contributed by atoms with Crippen LogP contribution in [-0.2, 0) is 16.4 Å². The normalized spacial score (nSPS) is 11.6. The van der Waals surface area contributed by atoms with Gasteiger partial charge >= 0.3 is 0 Å². The summed E-state index contributed by atoms with van der Waals surface area (Å²) in [7, 11) is -0.913. The maximum Gasteiger partial charge on any atom is 0.251 e. The third-order valence-corrected chi connectivity index (χ3v) is 6.07. The molecule has 134 valence electrons. The largest absolute Gasteiger partial charge is 0.352 e. The second-order valence-electron chi connectivity index (χ2n) is 5.57. The number of carbonyl (C=O) groups excluding carboxylic acids is 1. The highest BCUT2D eigenvalue weighted by atomic mass is 35.5. The van der Waals surface area contributed by atoms with Crippen molar-refractivity contribution in [1.29, 1.82) is 0 Å². The van der Waals surface area contributed by atoms with E-state index in [0.29, 0.717) is 18.0 Å². The van der Waals surface area contributed by atoms with Crippen LogP contribution in [0.1, 0.15) is 15.9 Å². The molecule has 25 heavy (non-hydrogen) atoms. The fraction of sp³-hybridized carbons (Fsp3) is 0.235. The SMILES string of the molecule is CN(C)S(=O)(=O)c1cc(C(=O)NCCc2cccc(Cl)c2)ccc1Cl. The molecule has 0 atom stereocenters. The summed E-state index contributed by atoms with van der Waals surface area (Å²) >= 11 is 11.9. The Morgan fingerprint density at radius 1 is 1.12 bits per heavy atom. The predicted octanol–water partition coefficient (Wildman–Crippen LogP) is 3.22. The first-order valence-electron chi connectivity index (χ1n) is 7.46. The van der Waals surface area contributed by atoms with Crippen molar-refractivity contribution in [2.75, 3.05) is 20.6 Å². The molecule has 0 saturated heterocycles. The van der Waals surface area contributed by atoms with Crippen molar-refractivity contribution in [3.63, 3.8) is 0 Å². The van der Waals surface area contributed by atoms with Crippen LogP contribution in [0.25, 0.3) is 0 Å². The molecule has 0 bridgehead atoms. The van der Waals surface area contributed by atoms with Gasteiger partial charge in [0.1, 0.15) is 4.90 Å². The van der Waals surface area contributed by atoms with Gasteiger partial charge in [-0.2, -0.15) is 0 Å². The molecule has 0 radical (unpaired) electrons. The molecule has 2 aromatic rings. The van der Waals surface area contributed by atoms with Crippen molar-refractivity contribution in [2.45, 2.75) is 11.3 Å². The van der Waals surface area contributed by atoms with Crippen LogP contribution in [0.3, 0.4) is 0 Å². The van der Waals surface area contributed by atoms with Crippen LogP contribution in [0.15, 0.2) is 47.4 Å². The minimum absolute atomic E-state index is 0.0733. The summed E-state index contributed by atoms with van der Waals surface area (Å²) in [5, 5.41) is 3.47. The molecule has 2 rings (SSSR count). The van der Waals surface area contributed by atoms with Gasteiger partial charge < -0.3 is 5.32 Å². The van der Waals surface area contributed by atoms with E-state index in [4.69, 9.17) is 23.2 Å². The summed E-state index contributed by atoms with van der Waals surface area (Å²) in [6.45, 7) is 0.400. The van der Waals surface area contributed by atoms with Crippen LogP contribution in [0, 0.1) is 0 Å². The molecule has 0 fully saturated rings. The van der Waals surface area contributed by atoms with Gasteiger partial charge in [-0.05, 0) is 42.3 Å². The number of rotatable bonds is 6. The van der Waals surface area contributed by atoms with Crippen molar-refractivity contribution < 1.29 is 13.2 Å². The summed E-state index contributed by atoms with van der Waals surface area (Å²) in [6, 6.07) is 11.6. The number of halogens is 2. The number of nitrogens with zero attached hydrogens (tertiary/aromatic N) is 1. The quantitative estimate of drug-likeness (QED) is 0.809. The van der Waals surface area contributed by atoms with Gasteiger partial charge in [0.25, 0.3) is 5.91 Å². The highest BCUT2D eigenvalue weighted by Crippen LogP contribution is 2.24. The van der Waals surface area contributed by atoms with Crippen LogP contribution in [0.4, 0.5) is 0 Å². The maximum absolute atomic E-state index is 12.3. The zero-order chi connectivity index (χ0) is 18.6. The molecule has 0 heterocycles. The van der Waals surface area contributed by atoms with E-state index in [0.717, 1.165) is 9.87 Å². The van der Waals surface area contributed by atoms with Gasteiger partial charge in [-0.3, -0.25) is 4.79 Å². The highest BCUT2D eigenvalue weighted by molar-refractivity contribution is 7.89. The molecule has 0 saturated carbocycles. The molecule has 5 nitrogen and oxygen atoms in total. The minimum Gasteiger partial charge on any atom is -0.352 e. The number of carbonyl (C=O) groups is 1. The van der Waals surface area contributed by atoms with E-state index in [-0.39, 0.29) is 21.4 Å². The zero-order valence-corrected chi connectivity index (χ0v) is 16.1. The van der Waals surface area contributed by atoms with E-state index >= 15 is 0 Å². The molecule has 1 N–H and O–H groups in total. The lowest BCUT2D eigenvalue weighted by molar-refractivity contribution is 0.0954. The lowest BCUT2D eigenvalue weighted by Crippen LogP contribution is -2.27. The molecule has 0 aliphatic carbocycles. The highest BCUT2D eigenvalue weighted by Gasteiger charge is 2.22. The number of nitrogens with one attached hydrogen (secondary N) is 1. The Hall–Kier alpha value is -1.60. The first-order valence-corrected chi connectivity index (χ1v) is 9.66. The molecule has 0 aliphatic rings. The first kappa shape index (κ1) is 19.7. The number of amides is 1. The summed E-state index contributed by atoms with van der Waals surface area (Å²) in [4.78, 5) is 12.2. The van der Waals surface area contributed by atoms with E-state index < -0.39 is 10.0 Å². The van der Waals surface area contributed by atoms with Gasteiger partial charge in [-0.1, -0.05) is 35.3 Å². The Morgan fingerprint density at radius 3 is 2.48 bits per heavy atom. The van der Waals surface area contributed by atoms with Gasteiger partial charge in [0.2, 0.25) is 10.0 Å². The average Bonchev–Trinajstić information content (AvgIpc) is 2.54. The third-order valence-electron chi connectivity index (χ3n) is 3.54. The van der Waals surface area contributed by atoms with Gasteiger partial charge in [-0.15, -0.1) is 0 Å². The Labute approximate surface area is 157 Å². The predicted molar refractivity (Wildman–Crippen MR) is 99.8 cm³/mol. The van der Waals surface area contributed by atoms with Crippen LogP contribution < -0.4 is 5.32 Å². The zero-order valence-electron chi connectivity index (χ0n) is 13.8. The van der Waals surface area contributed by atoms with Crippen molar-refractivity contribution in [3.8, 4) is 0 Å². The topological polar surface area (TPSA) is 66.5 Å². The smallest absolute Gasteiger partial charge is 0.251 e. The van der Waals surface area contributed by atoms with Gasteiger partial charge in [0, 0.05) is 31.2 Å². The van der Waals surface area contributed by atoms with Gasteiger partial charge in [-0.25, -0.2) is 12.7 Å². The molecule has 0 aromatic heterocycles. The maximum atomic E-state index is 12.3. The number of benzene rings is 2. The first-order chi connectivity index (χ1) is 11.7. The third kappa shape index (κ3) is 4.95. The molecule has 0 spiro atoms. The monoisotopic (exact) mass is 400 g/mol. The summed E-state index contributed by atoms with van der Waals surface area (Å²) < 4.78 is 25.6. The molecular formula is C17H18Cl2N2O3S. The Balaban J connectivity index is 2.10. The van der Waals surface area contributed by atoms with Crippen LogP contribution in [0.5, 0.6) is 0 Å². The number of hydrogen-bond acceptors (Lipinski definition) is 3. The number of hydrogen-bond donors (Lipinski definition) is 1. The van der Waals surface area contributed by atoms with Crippen molar-refractivity contribution in [3.05, 3.63) is 63.6 Å². The second-order valence-corrected chi connectivity index (χ2v) is 8.53. The average molecular weight is 401 g/mol. The molecule has 0 aliphatic heterocycles. The Bertz CT molecular complexity index is 883. The molecule has 8 heteroatoms. The lowest BCUT2D eigenvalue weighted by atomic mass is 10.1. The van der Waals surface area contributed by atoms with Crippen molar-refractivity contribution in [2.24, 2.45) is 0 Å². The van der Waals surface area contributed by atoms with Crippen LogP contribution >= 0.6 is 23.2 Å². The van der Waals surface area contributed by atoms with Crippen molar-refractivity contribution >= 4 is 39.1 Å².